The van der Waals surface area contributed by atoms with Crippen molar-refractivity contribution in [3.05, 3.63) is 35.4 Å². The summed E-state index contributed by atoms with van der Waals surface area (Å²) in [4.78, 5) is 0. The van der Waals surface area contributed by atoms with Gasteiger partial charge in [0.25, 0.3) is 0 Å². The number of rotatable bonds is 0. The maximum absolute atomic E-state index is 9.32. The van der Waals surface area contributed by atoms with Gasteiger partial charge in [-0.05, 0) is 29.7 Å². The summed E-state index contributed by atoms with van der Waals surface area (Å²) in [5, 5.41) is 9.32. The predicted octanol–water partition coefficient (Wildman–Crippen LogP) is 1.77. The summed E-state index contributed by atoms with van der Waals surface area (Å²) in [6.07, 6.45) is 6.64. The molecule has 1 atom stereocenters. The van der Waals surface area contributed by atoms with Gasteiger partial charge in [-0.3, -0.25) is 0 Å². The highest BCUT2D eigenvalue weighted by Crippen LogP contribution is 2.25. The molecule has 2 rings (SSSR count). The van der Waals surface area contributed by atoms with E-state index in [1.165, 1.54) is 17.5 Å². The van der Waals surface area contributed by atoms with Crippen LogP contribution in [-0.4, -0.2) is 13.0 Å². The summed E-state index contributed by atoms with van der Waals surface area (Å²) >= 11 is 0. The van der Waals surface area contributed by atoms with Gasteiger partial charge in [-0.25, -0.2) is 0 Å². The number of aromatic hydroxyl groups is 1. The van der Waals surface area contributed by atoms with Gasteiger partial charge in [0.1, 0.15) is 13.6 Å². The van der Waals surface area contributed by atoms with Crippen LogP contribution in [0.25, 0.3) is 6.08 Å². The quantitative estimate of drug-likeness (QED) is 0.591. The highest BCUT2D eigenvalue weighted by molar-refractivity contribution is 6.13. The van der Waals surface area contributed by atoms with Crippen molar-refractivity contribution < 1.29 is 5.11 Å². The highest BCUT2D eigenvalue weighted by atomic mass is 16.3. The summed E-state index contributed by atoms with van der Waals surface area (Å²) < 4.78 is 0. The number of benzene rings is 1. The van der Waals surface area contributed by atoms with Crippen LogP contribution in [0.4, 0.5) is 0 Å². The lowest BCUT2D eigenvalue weighted by Crippen LogP contribution is -1.90. The molecule has 0 aromatic heterocycles. The van der Waals surface area contributed by atoms with Crippen LogP contribution in [0.1, 0.15) is 17.5 Å². The molecular weight excluding hydrogens is 159 g/mol. The van der Waals surface area contributed by atoms with E-state index in [0.717, 1.165) is 6.42 Å². The van der Waals surface area contributed by atoms with E-state index in [1.54, 1.807) is 6.07 Å². The number of allylic oxidation sites excluding steroid dienone is 1. The molecule has 1 aromatic carbocycles. The average Bonchev–Trinajstić information content (AvgIpc) is 2.29. The van der Waals surface area contributed by atoms with Crippen LogP contribution in [0.5, 0.6) is 5.75 Å². The molecule has 1 nitrogen and oxygen atoms in total. The van der Waals surface area contributed by atoms with Crippen molar-refractivity contribution in [2.45, 2.75) is 18.7 Å². The Morgan fingerprint density at radius 3 is 3.08 bits per heavy atom. The van der Waals surface area contributed by atoms with Crippen LogP contribution in [0.2, 0.25) is 5.82 Å². The second-order valence-electron chi connectivity index (χ2n) is 3.76. The maximum atomic E-state index is 9.32. The van der Waals surface area contributed by atoms with E-state index in [0.29, 0.717) is 11.6 Å². The third-order valence-corrected chi connectivity index (χ3v) is 2.60. The molecule has 13 heavy (non-hydrogen) atoms. The number of phenols is 1. The zero-order valence-corrected chi connectivity index (χ0v) is 7.83. The van der Waals surface area contributed by atoms with Crippen LogP contribution in [-0.2, 0) is 6.42 Å². The third kappa shape index (κ3) is 1.77. The molecule has 0 spiro atoms. The molecule has 1 aliphatic carbocycles. The summed E-state index contributed by atoms with van der Waals surface area (Å²) in [7, 11) is 2.22. The fourth-order valence-corrected chi connectivity index (χ4v) is 1.72. The largest absolute Gasteiger partial charge is 0.508 e. The first-order valence-corrected chi connectivity index (χ1v) is 4.76. The summed E-state index contributed by atoms with van der Waals surface area (Å²) in [5.41, 5.74) is 2.52. The van der Waals surface area contributed by atoms with E-state index >= 15 is 0 Å². The molecule has 1 N–H and O–H groups in total. The molecule has 0 bridgehead atoms. The van der Waals surface area contributed by atoms with Gasteiger partial charge < -0.3 is 5.11 Å². The highest BCUT2D eigenvalue weighted by Gasteiger charge is 2.07. The molecule has 66 valence electrons. The fourth-order valence-electron chi connectivity index (χ4n) is 1.72. The zero-order chi connectivity index (χ0) is 9.26. The maximum Gasteiger partial charge on any atom is 0.115 e. The van der Waals surface area contributed by atoms with E-state index in [-0.39, 0.29) is 0 Å². The van der Waals surface area contributed by atoms with Crippen molar-refractivity contribution in [2.24, 2.45) is 0 Å². The first kappa shape index (κ1) is 8.42. The molecule has 2 heteroatoms. The van der Waals surface area contributed by atoms with Gasteiger partial charge in [-0.1, -0.05) is 30.5 Å². The monoisotopic (exact) mass is 172 g/mol. The standard InChI is InChI=1S/C11H13BO/c12-10-4-1-8-3-6-11(13)7-9(8)2-5-10/h1,3-4,6-7,10,13H,2,5,12H2. The van der Waals surface area contributed by atoms with E-state index in [2.05, 4.69) is 20.0 Å². The van der Waals surface area contributed by atoms with Crippen molar-refractivity contribution in [1.82, 2.24) is 0 Å². The lowest BCUT2D eigenvalue weighted by atomic mass is 9.83. The van der Waals surface area contributed by atoms with Gasteiger partial charge in [0.05, 0.1) is 0 Å². The normalized spacial score (nSPS) is 20.8. The molecular formula is C11H13BO. The number of aryl methyl sites for hydroxylation is 1. The average molecular weight is 172 g/mol. The molecule has 0 aliphatic heterocycles. The molecule has 0 radical (unpaired) electrons. The lowest BCUT2D eigenvalue weighted by Gasteiger charge is -2.04. The Labute approximate surface area is 79.5 Å². The SMILES string of the molecule is BC1C=Cc2ccc(O)cc2CC1. The summed E-state index contributed by atoms with van der Waals surface area (Å²) in [5.74, 6) is 1.02. The van der Waals surface area contributed by atoms with Crippen molar-refractivity contribution in [2.75, 3.05) is 0 Å². The van der Waals surface area contributed by atoms with Crippen LogP contribution in [0, 0.1) is 0 Å². The Morgan fingerprint density at radius 1 is 1.38 bits per heavy atom. The molecule has 0 saturated heterocycles. The van der Waals surface area contributed by atoms with E-state index in [9.17, 15) is 5.11 Å². The van der Waals surface area contributed by atoms with E-state index in [4.69, 9.17) is 0 Å². The van der Waals surface area contributed by atoms with Crippen LogP contribution in [0.3, 0.4) is 0 Å². The van der Waals surface area contributed by atoms with E-state index in [1.807, 2.05) is 12.1 Å². The van der Waals surface area contributed by atoms with Crippen molar-refractivity contribution in [3.63, 3.8) is 0 Å². The third-order valence-electron chi connectivity index (χ3n) is 2.60. The molecule has 0 fully saturated rings. The number of hydrogen-bond acceptors (Lipinski definition) is 1. The number of fused-ring (bicyclic) bond motifs is 1. The van der Waals surface area contributed by atoms with Crippen molar-refractivity contribution in [1.29, 1.82) is 0 Å². The van der Waals surface area contributed by atoms with Crippen molar-refractivity contribution >= 4 is 13.9 Å². The number of hydrogen-bond donors (Lipinski definition) is 1. The van der Waals surface area contributed by atoms with E-state index < -0.39 is 0 Å². The molecule has 0 amide bonds. The molecule has 1 unspecified atom stereocenters. The molecule has 1 aliphatic rings. The van der Waals surface area contributed by atoms with Crippen LogP contribution >= 0.6 is 0 Å². The Kier molecular flexibility index (Phi) is 2.13. The Bertz CT molecular complexity index is 344. The molecule has 0 heterocycles. The number of phenolic OH excluding ortho intramolecular Hbond substituents is 1. The van der Waals surface area contributed by atoms with Gasteiger partial charge in [0.15, 0.2) is 0 Å². The Hall–Kier alpha value is -1.18. The first-order chi connectivity index (χ1) is 6.25. The smallest absolute Gasteiger partial charge is 0.115 e. The lowest BCUT2D eigenvalue weighted by molar-refractivity contribution is 0.474. The molecule has 1 aromatic rings. The predicted molar refractivity (Wildman–Crippen MR) is 57.8 cm³/mol. The van der Waals surface area contributed by atoms with Gasteiger partial charge in [-0.15, -0.1) is 0 Å². The van der Waals surface area contributed by atoms with Gasteiger partial charge in [0.2, 0.25) is 0 Å². The Morgan fingerprint density at radius 2 is 2.23 bits per heavy atom. The molecule has 0 saturated carbocycles. The van der Waals surface area contributed by atoms with Gasteiger partial charge in [-0.2, -0.15) is 0 Å². The summed E-state index contributed by atoms with van der Waals surface area (Å²) in [6.45, 7) is 0. The second-order valence-corrected chi connectivity index (χ2v) is 3.76. The summed E-state index contributed by atoms with van der Waals surface area (Å²) in [6, 6.07) is 5.61. The van der Waals surface area contributed by atoms with Crippen LogP contribution < -0.4 is 0 Å². The minimum atomic E-state index is 0.377. The van der Waals surface area contributed by atoms with Gasteiger partial charge in [0, 0.05) is 0 Å². The van der Waals surface area contributed by atoms with Crippen molar-refractivity contribution in [3.8, 4) is 5.75 Å². The Balaban J connectivity index is 2.41. The second kappa shape index (κ2) is 3.29. The van der Waals surface area contributed by atoms with Crippen LogP contribution in [0.15, 0.2) is 24.3 Å². The zero-order valence-electron chi connectivity index (χ0n) is 7.83. The fraction of sp³-hybridized carbons (Fsp3) is 0.273. The van der Waals surface area contributed by atoms with Gasteiger partial charge >= 0.3 is 0 Å². The first-order valence-electron chi connectivity index (χ1n) is 4.76. The topological polar surface area (TPSA) is 20.2 Å². The minimum absolute atomic E-state index is 0.377. The minimum Gasteiger partial charge on any atom is -0.508 e.